The zero-order chi connectivity index (χ0) is 10.3. The minimum atomic E-state index is -0.238. The standard InChI is InChI=1S/C11H18O2/c1-5-9(2)7-6-8-10(3)11(12)13-4/h5,8H,6-7H2,1-4H3. The maximum atomic E-state index is 11.0. The predicted molar refractivity (Wildman–Crippen MR) is 54.4 cm³/mol. The second-order valence-electron chi connectivity index (χ2n) is 3.05. The van der Waals surface area contributed by atoms with E-state index < -0.39 is 0 Å². The summed E-state index contributed by atoms with van der Waals surface area (Å²) >= 11 is 0. The highest BCUT2D eigenvalue weighted by molar-refractivity contribution is 5.87. The molecule has 0 aliphatic carbocycles. The first kappa shape index (κ1) is 11.9. The van der Waals surface area contributed by atoms with Gasteiger partial charge in [0.1, 0.15) is 0 Å². The van der Waals surface area contributed by atoms with Gasteiger partial charge in [0.25, 0.3) is 0 Å². The Labute approximate surface area is 80.3 Å². The highest BCUT2D eigenvalue weighted by atomic mass is 16.5. The SMILES string of the molecule is CC=C(C)CCC=C(C)C(=O)OC. The molecule has 0 rings (SSSR count). The lowest BCUT2D eigenvalue weighted by Gasteiger charge is -1.99. The average molecular weight is 182 g/mol. The Morgan fingerprint density at radius 2 is 2.00 bits per heavy atom. The van der Waals surface area contributed by atoms with Crippen LogP contribution in [-0.4, -0.2) is 13.1 Å². The fraction of sp³-hybridized carbons (Fsp3) is 0.545. The Kier molecular flexibility index (Phi) is 5.94. The van der Waals surface area contributed by atoms with Crippen LogP contribution in [-0.2, 0) is 9.53 Å². The van der Waals surface area contributed by atoms with Crippen molar-refractivity contribution in [2.24, 2.45) is 0 Å². The maximum absolute atomic E-state index is 11.0. The second-order valence-corrected chi connectivity index (χ2v) is 3.05. The number of esters is 1. The molecule has 0 heterocycles. The molecular formula is C11H18O2. The third-order valence-electron chi connectivity index (χ3n) is 1.99. The molecule has 0 aliphatic rings. The number of methoxy groups -OCH3 is 1. The van der Waals surface area contributed by atoms with E-state index in [1.807, 2.05) is 13.0 Å². The van der Waals surface area contributed by atoms with Gasteiger partial charge >= 0.3 is 5.97 Å². The first-order chi connectivity index (χ1) is 6.11. The Morgan fingerprint density at radius 1 is 1.38 bits per heavy atom. The van der Waals surface area contributed by atoms with Crippen LogP contribution in [0, 0.1) is 0 Å². The molecule has 0 saturated heterocycles. The molecule has 0 aromatic carbocycles. The summed E-state index contributed by atoms with van der Waals surface area (Å²) in [5.41, 5.74) is 2.03. The van der Waals surface area contributed by atoms with Crippen LogP contribution in [0.4, 0.5) is 0 Å². The Balaban J connectivity index is 3.91. The summed E-state index contributed by atoms with van der Waals surface area (Å²) < 4.78 is 4.57. The van der Waals surface area contributed by atoms with Crippen molar-refractivity contribution in [3.8, 4) is 0 Å². The molecule has 0 aromatic heterocycles. The number of carbonyl (C=O) groups excluding carboxylic acids is 1. The molecule has 0 fully saturated rings. The van der Waals surface area contributed by atoms with E-state index >= 15 is 0 Å². The third-order valence-corrected chi connectivity index (χ3v) is 1.99. The predicted octanol–water partition coefficient (Wildman–Crippen LogP) is 2.85. The zero-order valence-electron chi connectivity index (χ0n) is 8.89. The van der Waals surface area contributed by atoms with Crippen LogP contribution >= 0.6 is 0 Å². The van der Waals surface area contributed by atoms with Crippen LogP contribution in [0.3, 0.4) is 0 Å². The van der Waals surface area contributed by atoms with Gasteiger partial charge in [-0.1, -0.05) is 17.7 Å². The molecule has 0 aliphatic heterocycles. The van der Waals surface area contributed by atoms with Gasteiger partial charge in [-0.2, -0.15) is 0 Å². The number of allylic oxidation sites excluding steroid dienone is 3. The van der Waals surface area contributed by atoms with Crippen molar-refractivity contribution >= 4 is 5.97 Å². The molecule has 0 saturated carbocycles. The molecule has 0 aromatic rings. The molecule has 2 nitrogen and oxygen atoms in total. The highest BCUT2D eigenvalue weighted by Crippen LogP contribution is 2.06. The van der Waals surface area contributed by atoms with Gasteiger partial charge in [-0.15, -0.1) is 0 Å². The van der Waals surface area contributed by atoms with Crippen molar-refractivity contribution in [2.45, 2.75) is 33.6 Å². The molecule has 0 spiro atoms. The number of hydrogen-bond donors (Lipinski definition) is 0. The summed E-state index contributed by atoms with van der Waals surface area (Å²) in [5, 5.41) is 0. The van der Waals surface area contributed by atoms with E-state index in [1.165, 1.54) is 12.7 Å². The highest BCUT2D eigenvalue weighted by Gasteiger charge is 2.00. The van der Waals surface area contributed by atoms with Crippen molar-refractivity contribution in [1.82, 2.24) is 0 Å². The smallest absolute Gasteiger partial charge is 0.333 e. The van der Waals surface area contributed by atoms with Crippen LogP contribution in [0.5, 0.6) is 0 Å². The molecule has 0 N–H and O–H groups in total. The van der Waals surface area contributed by atoms with E-state index in [2.05, 4.69) is 17.7 Å². The Hall–Kier alpha value is -1.05. The monoisotopic (exact) mass is 182 g/mol. The fourth-order valence-electron chi connectivity index (χ4n) is 0.905. The molecule has 13 heavy (non-hydrogen) atoms. The van der Waals surface area contributed by atoms with E-state index in [0.717, 1.165) is 12.8 Å². The summed E-state index contributed by atoms with van der Waals surface area (Å²) in [6.45, 7) is 5.88. The third kappa shape index (κ3) is 5.23. The fourth-order valence-corrected chi connectivity index (χ4v) is 0.905. The van der Waals surface area contributed by atoms with Gasteiger partial charge in [-0.3, -0.25) is 0 Å². The van der Waals surface area contributed by atoms with Crippen LogP contribution < -0.4 is 0 Å². The number of carbonyl (C=O) groups is 1. The summed E-state index contributed by atoms with van der Waals surface area (Å²) in [6, 6.07) is 0. The van der Waals surface area contributed by atoms with Gasteiger partial charge < -0.3 is 4.74 Å². The van der Waals surface area contributed by atoms with Crippen molar-refractivity contribution < 1.29 is 9.53 Å². The summed E-state index contributed by atoms with van der Waals surface area (Å²) in [5.74, 6) is -0.238. The van der Waals surface area contributed by atoms with E-state index in [9.17, 15) is 4.79 Å². The molecule has 0 amide bonds. The van der Waals surface area contributed by atoms with Gasteiger partial charge in [-0.25, -0.2) is 4.79 Å². The topological polar surface area (TPSA) is 26.3 Å². The average Bonchev–Trinajstić information content (AvgIpc) is 2.15. The van der Waals surface area contributed by atoms with Crippen molar-refractivity contribution in [3.63, 3.8) is 0 Å². The summed E-state index contributed by atoms with van der Waals surface area (Å²) in [4.78, 5) is 11.0. The quantitative estimate of drug-likeness (QED) is 0.379. The van der Waals surface area contributed by atoms with Crippen LogP contribution in [0.1, 0.15) is 33.6 Å². The molecule has 0 bridgehead atoms. The minimum Gasteiger partial charge on any atom is -0.466 e. The van der Waals surface area contributed by atoms with Crippen LogP contribution in [0.2, 0.25) is 0 Å². The number of ether oxygens (including phenoxy) is 1. The Bertz CT molecular complexity index is 224. The molecular weight excluding hydrogens is 164 g/mol. The summed E-state index contributed by atoms with van der Waals surface area (Å²) in [6.07, 6.45) is 5.90. The number of rotatable bonds is 4. The van der Waals surface area contributed by atoms with Gasteiger partial charge in [0.2, 0.25) is 0 Å². The van der Waals surface area contributed by atoms with E-state index in [1.54, 1.807) is 6.92 Å². The van der Waals surface area contributed by atoms with Gasteiger partial charge in [0, 0.05) is 5.57 Å². The number of hydrogen-bond acceptors (Lipinski definition) is 2. The lowest BCUT2D eigenvalue weighted by molar-refractivity contribution is -0.136. The molecule has 74 valence electrons. The normalized spacial score (nSPS) is 12.9. The van der Waals surface area contributed by atoms with Gasteiger partial charge in [0.15, 0.2) is 0 Å². The lowest BCUT2D eigenvalue weighted by atomic mass is 10.1. The van der Waals surface area contributed by atoms with E-state index in [0.29, 0.717) is 5.57 Å². The second kappa shape index (κ2) is 6.46. The molecule has 0 radical (unpaired) electrons. The van der Waals surface area contributed by atoms with Crippen LogP contribution in [0.15, 0.2) is 23.3 Å². The van der Waals surface area contributed by atoms with Crippen LogP contribution in [0.25, 0.3) is 0 Å². The maximum Gasteiger partial charge on any atom is 0.333 e. The summed E-state index contributed by atoms with van der Waals surface area (Å²) in [7, 11) is 1.40. The van der Waals surface area contributed by atoms with Crippen molar-refractivity contribution in [2.75, 3.05) is 7.11 Å². The van der Waals surface area contributed by atoms with Crippen molar-refractivity contribution in [3.05, 3.63) is 23.3 Å². The largest absolute Gasteiger partial charge is 0.466 e. The molecule has 2 heteroatoms. The van der Waals surface area contributed by atoms with Gasteiger partial charge in [-0.05, 0) is 33.6 Å². The first-order valence-corrected chi connectivity index (χ1v) is 4.48. The van der Waals surface area contributed by atoms with E-state index in [-0.39, 0.29) is 5.97 Å². The van der Waals surface area contributed by atoms with E-state index in [4.69, 9.17) is 0 Å². The lowest BCUT2D eigenvalue weighted by Crippen LogP contribution is -2.01. The van der Waals surface area contributed by atoms with Crippen molar-refractivity contribution in [1.29, 1.82) is 0 Å². The zero-order valence-corrected chi connectivity index (χ0v) is 8.89. The minimum absolute atomic E-state index is 0.238. The van der Waals surface area contributed by atoms with Gasteiger partial charge in [0.05, 0.1) is 7.11 Å². The Morgan fingerprint density at radius 3 is 2.46 bits per heavy atom. The first-order valence-electron chi connectivity index (χ1n) is 4.48. The molecule has 0 unspecified atom stereocenters. The molecule has 0 atom stereocenters.